The van der Waals surface area contributed by atoms with Crippen molar-refractivity contribution in [1.82, 2.24) is 9.78 Å². The summed E-state index contributed by atoms with van der Waals surface area (Å²) in [6.45, 7) is 1.97. The van der Waals surface area contributed by atoms with E-state index in [9.17, 15) is 4.79 Å². The van der Waals surface area contributed by atoms with Gasteiger partial charge in [0.1, 0.15) is 5.82 Å². The first-order chi connectivity index (χ1) is 8.98. The molecule has 0 bridgehead atoms. The molecule has 7 nitrogen and oxygen atoms in total. The van der Waals surface area contributed by atoms with Crippen LogP contribution in [0.4, 0.5) is 5.82 Å². The zero-order valence-corrected chi connectivity index (χ0v) is 11.2. The Morgan fingerprint density at radius 3 is 2.79 bits per heavy atom. The lowest BCUT2D eigenvalue weighted by Gasteiger charge is -2.22. The molecule has 104 valence electrons. The summed E-state index contributed by atoms with van der Waals surface area (Å²) >= 11 is 0. The Morgan fingerprint density at radius 1 is 1.58 bits per heavy atom. The third-order valence-electron chi connectivity index (χ3n) is 3.81. The lowest BCUT2D eigenvalue weighted by atomic mass is 9.88. The summed E-state index contributed by atoms with van der Waals surface area (Å²) < 4.78 is 1.50. The maximum absolute atomic E-state index is 12.4. The van der Waals surface area contributed by atoms with Gasteiger partial charge in [-0.2, -0.15) is 5.10 Å². The van der Waals surface area contributed by atoms with Gasteiger partial charge in [-0.05, 0) is 12.8 Å². The topological polar surface area (TPSA) is 106 Å². The van der Waals surface area contributed by atoms with E-state index < -0.39 is 0 Å². The van der Waals surface area contributed by atoms with Crippen molar-refractivity contribution in [3.8, 4) is 0 Å². The van der Waals surface area contributed by atoms with E-state index in [2.05, 4.69) is 15.6 Å². The van der Waals surface area contributed by atoms with Crippen LogP contribution in [0.1, 0.15) is 38.2 Å². The summed E-state index contributed by atoms with van der Waals surface area (Å²) in [5, 5.41) is 18.5. The van der Waals surface area contributed by atoms with Gasteiger partial charge < -0.3 is 16.3 Å². The van der Waals surface area contributed by atoms with Crippen molar-refractivity contribution in [3.05, 3.63) is 11.8 Å². The van der Waals surface area contributed by atoms with Crippen LogP contribution in [0.2, 0.25) is 0 Å². The van der Waals surface area contributed by atoms with Gasteiger partial charge in [-0.15, -0.1) is 0 Å². The number of nitrogens with one attached hydrogen (secondary N) is 1. The molecule has 0 atom stereocenters. The molecule has 2 rings (SSSR count). The first kappa shape index (κ1) is 13.4. The number of oxime groups is 1. The molecule has 0 radical (unpaired) electrons. The highest BCUT2D eigenvalue weighted by Gasteiger charge is 2.37. The van der Waals surface area contributed by atoms with Crippen LogP contribution in [-0.4, -0.2) is 26.7 Å². The number of aromatic nitrogens is 2. The number of hydrogen-bond acceptors (Lipinski definition) is 4. The fraction of sp³-hybridized carbons (Fsp3) is 0.583. The fourth-order valence-electron chi connectivity index (χ4n) is 2.47. The fourth-order valence-corrected chi connectivity index (χ4v) is 2.47. The van der Waals surface area contributed by atoms with Gasteiger partial charge in [-0.3, -0.25) is 9.48 Å². The van der Waals surface area contributed by atoms with E-state index in [1.807, 2.05) is 6.92 Å². The molecule has 4 N–H and O–H groups in total. The molecule has 19 heavy (non-hydrogen) atoms. The number of aryl methyl sites for hydroxylation is 1. The van der Waals surface area contributed by atoms with Gasteiger partial charge in [0.15, 0.2) is 5.84 Å². The molecule has 0 aliphatic heterocycles. The molecule has 1 heterocycles. The summed E-state index contributed by atoms with van der Waals surface area (Å²) in [6, 6.07) is 0. The van der Waals surface area contributed by atoms with E-state index >= 15 is 0 Å². The minimum Gasteiger partial charge on any atom is -0.409 e. The lowest BCUT2D eigenvalue weighted by Crippen LogP contribution is -2.32. The number of nitrogens with two attached hydrogens (primary N) is 1. The molecule has 1 saturated carbocycles. The number of amides is 1. The number of amidine groups is 1. The molecule has 0 unspecified atom stereocenters. The predicted molar refractivity (Wildman–Crippen MR) is 70.9 cm³/mol. The van der Waals surface area contributed by atoms with Gasteiger partial charge in [0.05, 0.1) is 11.8 Å². The Kier molecular flexibility index (Phi) is 3.46. The van der Waals surface area contributed by atoms with Crippen LogP contribution < -0.4 is 11.1 Å². The lowest BCUT2D eigenvalue weighted by molar-refractivity contribution is -0.124. The van der Waals surface area contributed by atoms with Gasteiger partial charge in [0, 0.05) is 12.5 Å². The maximum Gasteiger partial charge on any atom is 0.231 e. The van der Waals surface area contributed by atoms with Gasteiger partial charge in [-0.1, -0.05) is 24.9 Å². The third kappa shape index (κ3) is 2.40. The smallest absolute Gasteiger partial charge is 0.231 e. The second kappa shape index (κ2) is 4.91. The molecule has 0 aromatic carbocycles. The Bertz CT molecular complexity index is 514. The number of hydrogen-bond donors (Lipinski definition) is 3. The van der Waals surface area contributed by atoms with Crippen molar-refractivity contribution in [3.63, 3.8) is 0 Å². The van der Waals surface area contributed by atoms with Crippen LogP contribution in [0.15, 0.2) is 11.4 Å². The van der Waals surface area contributed by atoms with Crippen molar-refractivity contribution in [1.29, 1.82) is 0 Å². The molecule has 1 fully saturated rings. The van der Waals surface area contributed by atoms with Crippen molar-refractivity contribution in [2.45, 2.75) is 32.6 Å². The average molecular weight is 265 g/mol. The average Bonchev–Trinajstić information content (AvgIpc) is 2.98. The number of nitrogens with zero attached hydrogens (tertiary/aromatic N) is 3. The molecule has 1 aromatic rings. The molecular weight excluding hydrogens is 246 g/mol. The molecule has 0 saturated heterocycles. The Morgan fingerprint density at radius 2 is 2.21 bits per heavy atom. The van der Waals surface area contributed by atoms with Gasteiger partial charge >= 0.3 is 0 Å². The quantitative estimate of drug-likeness (QED) is 0.328. The molecule has 1 aliphatic carbocycles. The SMILES string of the molecule is Cn1ncc(C(N)=NO)c1NC(=O)C1(C)CCCC1. The summed E-state index contributed by atoms with van der Waals surface area (Å²) in [5.41, 5.74) is 5.64. The molecule has 7 heteroatoms. The van der Waals surface area contributed by atoms with Gasteiger partial charge in [-0.25, -0.2) is 0 Å². The number of carbonyl (C=O) groups excluding carboxylic acids is 1. The molecule has 0 spiro atoms. The summed E-state index contributed by atoms with van der Waals surface area (Å²) in [5.74, 6) is 0.342. The first-order valence-electron chi connectivity index (χ1n) is 6.29. The number of rotatable bonds is 3. The second-order valence-corrected chi connectivity index (χ2v) is 5.24. The van der Waals surface area contributed by atoms with Gasteiger partial charge in [0.2, 0.25) is 5.91 Å². The normalized spacial score (nSPS) is 18.5. The van der Waals surface area contributed by atoms with E-state index in [1.54, 1.807) is 7.05 Å². The van der Waals surface area contributed by atoms with E-state index in [0.29, 0.717) is 11.4 Å². The van der Waals surface area contributed by atoms with Crippen LogP contribution in [0.5, 0.6) is 0 Å². The predicted octanol–water partition coefficient (Wildman–Crippen LogP) is 1.03. The third-order valence-corrected chi connectivity index (χ3v) is 3.81. The number of carbonyl (C=O) groups is 1. The Labute approximate surface area is 111 Å². The first-order valence-corrected chi connectivity index (χ1v) is 6.29. The largest absolute Gasteiger partial charge is 0.409 e. The second-order valence-electron chi connectivity index (χ2n) is 5.24. The van der Waals surface area contributed by atoms with E-state index in [4.69, 9.17) is 10.9 Å². The Hall–Kier alpha value is -2.05. The van der Waals surface area contributed by atoms with Crippen LogP contribution >= 0.6 is 0 Å². The highest BCUT2D eigenvalue weighted by molar-refractivity contribution is 6.05. The van der Waals surface area contributed by atoms with E-state index in [0.717, 1.165) is 25.7 Å². The summed E-state index contributed by atoms with van der Waals surface area (Å²) in [7, 11) is 1.70. The molecule has 1 amide bonds. The minimum atomic E-state index is -0.341. The summed E-state index contributed by atoms with van der Waals surface area (Å²) in [4.78, 5) is 12.4. The molecule has 1 aliphatic rings. The van der Waals surface area contributed by atoms with E-state index in [-0.39, 0.29) is 17.2 Å². The highest BCUT2D eigenvalue weighted by atomic mass is 16.4. The van der Waals surface area contributed by atoms with Crippen molar-refractivity contribution in [2.24, 2.45) is 23.4 Å². The Balaban J connectivity index is 2.24. The van der Waals surface area contributed by atoms with Crippen LogP contribution in [0.25, 0.3) is 0 Å². The monoisotopic (exact) mass is 265 g/mol. The van der Waals surface area contributed by atoms with Gasteiger partial charge in [0.25, 0.3) is 0 Å². The van der Waals surface area contributed by atoms with Crippen molar-refractivity contribution in [2.75, 3.05) is 5.32 Å². The van der Waals surface area contributed by atoms with E-state index in [1.165, 1.54) is 10.9 Å². The summed E-state index contributed by atoms with van der Waals surface area (Å²) in [6.07, 6.45) is 5.37. The standard InChI is InChI=1S/C12H19N5O2/c1-12(5-3-4-6-12)11(18)15-10-8(9(13)16-19)7-14-17(10)2/h7,19H,3-6H2,1-2H3,(H2,13,16)(H,15,18). The van der Waals surface area contributed by atoms with Crippen LogP contribution in [0.3, 0.4) is 0 Å². The number of anilines is 1. The molecule has 1 aromatic heterocycles. The van der Waals surface area contributed by atoms with Crippen LogP contribution in [-0.2, 0) is 11.8 Å². The van der Waals surface area contributed by atoms with Crippen LogP contribution in [0, 0.1) is 5.41 Å². The zero-order chi connectivity index (χ0) is 14.0. The highest BCUT2D eigenvalue weighted by Crippen LogP contribution is 2.38. The minimum absolute atomic E-state index is 0.0411. The zero-order valence-electron chi connectivity index (χ0n) is 11.2. The van der Waals surface area contributed by atoms with Crippen molar-refractivity contribution < 1.29 is 10.0 Å². The molecular formula is C12H19N5O2. The maximum atomic E-state index is 12.4. The van der Waals surface area contributed by atoms with Crippen molar-refractivity contribution >= 4 is 17.6 Å².